The maximum absolute atomic E-state index is 6.05. The summed E-state index contributed by atoms with van der Waals surface area (Å²) in [5.41, 5.74) is 8.20. The van der Waals surface area contributed by atoms with E-state index in [0.29, 0.717) is 10.7 Å². The number of nitrogens with one attached hydrogen (secondary N) is 1. The topological polar surface area (TPSA) is 50.9 Å². The van der Waals surface area contributed by atoms with Crippen molar-refractivity contribution in [2.75, 3.05) is 11.1 Å². The average molecular weight is 254 g/mol. The fourth-order valence-electron chi connectivity index (χ4n) is 1.28. The Morgan fingerprint density at radius 1 is 1.38 bits per heavy atom. The van der Waals surface area contributed by atoms with E-state index in [2.05, 4.69) is 10.3 Å². The summed E-state index contributed by atoms with van der Waals surface area (Å²) in [4.78, 5) is 5.58. The summed E-state index contributed by atoms with van der Waals surface area (Å²) in [6, 6.07) is 5.34. The molecule has 0 saturated heterocycles. The zero-order chi connectivity index (χ0) is 11.7. The monoisotopic (exact) mass is 253 g/mol. The van der Waals surface area contributed by atoms with Gasteiger partial charge in [0, 0.05) is 10.6 Å². The van der Waals surface area contributed by atoms with Crippen LogP contribution >= 0.6 is 22.9 Å². The number of benzene rings is 1. The van der Waals surface area contributed by atoms with E-state index >= 15 is 0 Å². The van der Waals surface area contributed by atoms with Gasteiger partial charge >= 0.3 is 0 Å². The summed E-state index contributed by atoms with van der Waals surface area (Å²) in [5.74, 6) is 0. The van der Waals surface area contributed by atoms with Gasteiger partial charge in [-0.2, -0.15) is 0 Å². The third kappa shape index (κ3) is 2.28. The van der Waals surface area contributed by atoms with Crippen molar-refractivity contribution < 1.29 is 0 Å². The quantitative estimate of drug-likeness (QED) is 0.802. The molecule has 0 amide bonds. The number of nitrogen functional groups attached to an aromatic ring is 1. The Morgan fingerprint density at radius 3 is 2.75 bits per heavy atom. The maximum atomic E-state index is 6.05. The molecule has 0 atom stereocenters. The number of aromatic nitrogens is 1. The highest BCUT2D eigenvalue weighted by molar-refractivity contribution is 7.15. The molecule has 3 nitrogen and oxygen atoms in total. The molecular weight excluding hydrogens is 242 g/mol. The normalized spacial score (nSPS) is 10.4. The molecule has 0 fully saturated rings. The summed E-state index contributed by atoms with van der Waals surface area (Å²) in [5, 5.41) is 4.64. The lowest BCUT2D eigenvalue weighted by Crippen LogP contribution is -1.93. The lowest BCUT2D eigenvalue weighted by molar-refractivity contribution is 1.23. The molecule has 5 heteroatoms. The average Bonchev–Trinajstić information content (AvgIpc) is 2.52. The van der Waals surface area contributed by atoms with E-state index in [1.54, 1.807) is 29.5 Å². The molecule has 16 heavy (non-hydrogen) atoms. The molecule has 0 unspecified atom stereocenters. The molecular formula is C11H12ClN3S. The predicted molar refractivity (Wildman–Crippen MR) is 70.7 cm³/mol. The van der Waals surface area contributed by atoms with Gasteiger partial charge in [0.1, 0.15) is 0 Å². The van der Waals surface area contributed by atoms with E-state index in [-0.39, 0.29) is 0 Å². The number of halogens is 1. The van der Waals surface area contributed by atoms with Gasteiger partial charge in [0.15, 0.2) is 5.13 Å². The van der Waals surface area contributed by atoms with Crippen molar-refractivity contribution in [2.45, 2.75) is 13.8 Å². The van der Waals surface area contributed by atoms with E-state index in [1.807, 2.05) is 13.8 Å². The third-order valence-electron chi connectivity index (χ3n) is 2.26. The van der Waals surface area contributed by atoms with Crippen LogP contribution in [0.4, 0.5) is 16.5 Å². The van der Waals surface area contributed by atoms with E-state index < -0.39 is 0 Å². The lowest BCUT2D eigenvalue weighted by Gasteiger charge is -2.05. The van der Waals surface area contributed by atoms with Gasteiger partial charge in [0.25, 0.3) is 0 Å². The largest absolute Gasteiger partial charge is 0.399 e. The van der Waals surface area contributed by atoms with Gasteiger partial charge in [0.2, 0.25) is 0 Å². The van der Waals surface area contributed by atoms with Crippen LogP contribution in [0.25, 0.3) is 0 Å². The van der Waals surface area contributed by atoms with Crippen LogP contribution in [0.2, 0.25) is 5.02 Å². The van der Waals surface area contributed by atoms with E-state index in [9.17, 15) is 0 Å². The number of thiazole rings is 1. The maximum Gasteiger partial charge on any atom is 0.187 e. The second-order valence-electron chi connectivity index (χ2n) is 3.52. The Kier molecular flexibility index (Phi) is 3.03. The summed E-state index contributed by atoms with van der Waals surface area (Å²) >= 11 is 7.65. The van der Waals surface area contributed by atoms with Crippen molar-refractivity contribution in [3.8, 4) is 0 Å². The second kappa shape index (κ2) is 4.31. The van der Waals surface area contributed by atoms with Gasteiger partial charge in [-0.3, -0.25) is 0 Å². The first-order chi connectivity index (χ1) is 7.56. The van der Waals surface area contributed by atoms with Gasteiger partial charge in [-0.1, -0.05) is 11.6 Å². The minimum absolute atomic E-state index is 0.639. The molecule has 1 aromatic heterocycles. The first-order valence-electron chi connectivity index (χ1n) is 4.82. The van der Waals surface area contributed by atoms with Gasteiger partial charge in [-0.15, -0.1) is 11.3 Å². The number of hydrogen-bond donors (Lipinski definition) is 2. The second-order valence-corrected chi connectivity index (χ2v) is 5.14. The number of nitrogens with zero attached hydrogens (tertiary/aromatic N) is 1. The molecule has 0 aliphatic rings. The van der Waals surface area contributed by atoms with E-state index in [1.165, 1.54) is 4.88 Å². The number of rotatable bonds is 2. The van der Waals surface area contributed by atoms with Gasteiger partial charge in [0.05, 0.1) is 16.4 Å². The molecule has 2 aromatic rings. The van der Waals surface area contributed by atoms with Crippen LogP contribution in [0.15, 0.2) is 18.2 Å². The first kappa shape index (κ1) is 11.2. The van der Waals surface area contributed by atoms with Crippen molar-refractivity contribution in [3.05, 3.63) is 33.8 Å². The van der Waals surface area contributed by atoms with Gasteiger partial charge < -0.3 is 11.1 Å². The van der Waals surface area contributed by atoms with Crippen LogP contribution in [0.5, 0.6) is 0 Å². The summed E-state index contributed by atoms with van der Waals surface area (Å²) in [6.07, 6.45) is 0. The molecule has 0 radical (unpaired) electrons. The van der Waals surface area contributed by atoms with Crippen LogP contribution in [-0.2, 0) is 0 Å². The highest BCUT2D eigenvalue weighted by Gasteiger charge is 2.06. The number of hydrogen-bond acceptors (Lipinski definition) is 4. The number of nitrogens with two attached hydrogens (primary N) is 1. The smallest absolute Gasteiger partial charge is 0.187 e. The molecule has 0 saturated carbocycles. The molecule has 0 bridgehead atoms. The van der Waals surface area contributed by atoms with Crippen molar-refractivity contribution in [3.63, 3.8) is 0 Å². The third-order valence-corrected chi connectivity index (χ3v) is 3.58. The van der Waals surface area contributed by atoms with E-state index in [4.69, 9.17) is 17.3 Å². The highest BCUT2D eigenvalue weighted by atomic mass is 35.5. The van der Waals surface area contributed by atoms with Crippen LogP contribution in [0.1, 0.15) is 10.6 Å². The van der Waals surface area contributed by atoms with Crippen molar-refractivity contribution >= 4 is 39.4 Å². The fourth-order valence-corrected chi connectivity index (χ4v) is 2.27. The minimum atomic E-state index is 0.639. The van der Waals surface area contributed by atoms with Crippen molar-refractivity contribution in [1.29, 1.82) is 0 Å². The van der Waals surface area contributed by atoms with E-state index in [0.717, 1.165) is 16.5 Å². The van der Waals surface area contributed by atoms with Gasteiger partial charge in [-0.25, -0.2) is 4.98 Å². The lowest BCUT2D eigenvalue weighted by atomic mass is 10.3. The molecule has 1 heterocycles. The summed E-state index contributed by atoms with van der Waals surface area (Å²) in [7, 11) is 0. The standard InChI is InChI=1S/C11H12ClN3S/c1-6-7(2)16-11(14-6)15-10-5-8(13)3-4-9(10)12/h3-5H,13H2,1-2H3,(H,14,15). The highest BCUT2D eigenvalue weighted by Crippen LogP contribution is 2.30. The van der Waals surface area contributed by atoms with Crippen LogP contribution in [-0.4, -0.2) is 4.98 Å². The van der Waals surface area contributed by atoms with Crippen molar-refractivity contribution in [2.24, 2.45) is 0 Å². The van der Waals surface area contributed by atoms with Crippen LogP contribution < -0.4 is 11.1 Å². The SMILES string of the molecule is Cc1nc(Nc2cc(N)ccc2Cl)sc1C. The molecule has 0 aliphatic heterocycles. The Bertz CT molecular complexity index is 502. The molecule has 84 valence electrons. The Balaban J connectivity index is 2.29. The Morgan fingerprint density at radius 2 is 2.12 bits per heavy atom. The molecule has 2 rings (SSSR count). The number of anilines is 3. The summed E-state index contributed by atoms with van der Waals surface area (Å²) < 4.78 is 0. The van der Waals surface area contributed by atoms with Crippen LogP contribution in [0.3, 0.4) is 0 Å². The van der Waals surface area contributed by atoms with Crippen LogP contribution in [0, 0.1) is 13.8 Å². The predicted octanol–water partition coefficient (Wildman–Crippen LogP) is 3.74. The zero-order valence-corrected chi connectivity index (χ0v) is 10.6. The Hall–Kier alpha value is -1.26. The molecule has 0 spiro atoms. The first-order valence-corrected chi connectivity index (χ1v) is 6.02. The van der Waals surface area contributed by atoms with Gasteiger partial charge in [-0.05, 0) is 32.0 Å². The number of aryl methyl sites for hydroxylation is 2. The summed E-state index contributed by atoms with van der Waals surface area (Å²) in [6.45, 7) is 4.02. The zero-order valence-electron chi connectivity index (χ0n) is 9.04. The fraction of sp³-hybridized carbons (Fsp3) is 0.182. The minimum Gasteiger partial charge on any atom is -0.399 e. The molecule has 0 aliphatic carbocycles. The molecule has 1 aromatic carbocycles. The van der Waals surface area contributed by atoms with Crippen molar-refractivity contribution in [1.82, 2.24) is 4.98 Å². The Labute approximate surface area is 103 Å². The molecule has 3 N–H and O–H groups in total.